The summed E-state index contributed by atoms with van der Waals surface area (Å²) in [4.78, 5) is 0. The fourth-order valence-corrected chi connectivity index (χ4v) is 2.12. The largest absolute Gasteiger partial charge is 0.396 e. The predicted octanol–water partition coefficient (Wildman–Crippen LogP) is 3.70. The van der Waals surface area contributed by atoms with Gasteiger partial charge in [-0.25, -0.2) is 0 Å². The Labute approximate surface area is 115 Å². The van der Waals surface area contributed by atoms with E-state index in [0.717, 1.165) is 24.3 Å². The zero-order chi connectivity index (χ0) is 13.6. The second-order valence-corrected chi connectivity index (χ2v) is 5.82. The fraction of sp³-hybridized carbons (Fsp3) is 0.600. The van der Waals surface area contributed by atoms with Gasteiger partial charge in [-0.15, -0.1) is 0 Å². The number of halogens is 1. The maximum atomic E-state index is 9.45. The van der Waals surface area contributed by atoms with E-state index in [2.05, 4.69) is 19.9 Å². The standard InChI is InChI=1S/C15H23ClO2/c1-15(2,18-3)8-7-13(11-17)9-12-5-4-6-14(16)10-12/h4-6,10,13,17H,7-9,11H2,1-3H3. The van der Waals surface area contributed by atoms with E-state index in [1.165, 1.54) is 5.56 Å². The van der Waals surface area contributed by atoms with Crippen LogP contribution >= 0.6 is 11.6 Å². The molecule has 1 aromatic rings. The number of benzene rings is 1. The number of hydrogen-bond acceptors (Lipinski definition) is 2. The second-order valence-electron chi connectivity index (χ2n) is 5.39. The molecule has 0 bridgehead atoms. The van der Waals surface area contributed by atoms with Crippen LogP contribution in [0.5, 0.6) is 0 Å². The topological polar surface area (TPSA) is 29.5 Å². The van der Waals surface area contributed by atoms with Crippen LogP contribution in [0, 0.1) is 5.92 Å². The third-order valence-electron chi connectivity index (χ3n) is 3.38. The first kappa shape index (κ1) is 15.5. The monoisotopic (exact) mass is 270 g/mol. The highest BCUT2D eigenvalue weighted by Crippen LogP contribution is 2.22. The van der Waals surface area contributed by atoms with E-state index < -0.39 is 0 Å². The summed E-state index contributed by atoms with van der Waals surface area (Å²) in [6.07, 6.45) is 2.75. The lowest BCUT2D eigenvalue weighted by atomic mass is 9.91. The van der Waals surface area contributed by atoms with Crippen molar-refractivity contribution in [3.05, 3.63) is 34.9 Å². The van der Waals surface area contributed by atoms with E-state index in [9.17, 15) is 5.11 Å². The molecule has 102 valence electrons. The van der Waals surface area contributed by atoms with Gasteiger partial charge < -0.3 is 9.84 Å². The Bertz CT molecular complexity index is 363. The molecule has 1 atom stereocenters. The predicted molar refractivity (Wildman–Crippen MR) is 76.1 cm³/mol. The van der Waals surface area contributed by atoms with Gasteiger partial charge in [0.15, 0.2) is 0 Å². The van der Waals surface area contributed by atoms with Crippen LogP contribution < -0.4 is 0 Å². The first-order chi connectivity index (χ1) is 8.46. The fourth-order valence-electron chi connectivity index (χ4n) is 1.91. The SMILES string of the molecule is COC(C)(C)CCC(CO)Cc1cccc(Cl)c1. The van der Waals surface area contributed by atoms with Gasteiger partial charge in [0.1, 0.15) is 0 Å². The summed E-state index contributed by atoms with van der Waals surface area (Å²) in [7, 11) is 1.73. The van der Waals surface area contributed by atoms with Crippen molar-refractivity contribution in [2.75, 3.05) is 13.7 Å². The average Bonchev–Trinajstić information content (AvgIpc) is 2.34. The molecule has 0 radical (unpaired) electrons. The van der Waals surface area contributed by atoms with Crippen molar-refractivity contribution in [3.63, 3.8) is 0 Å². The van der Waals surface area contributed by atoms with Gasteiger partial charge >= 0.3 is 0 Å². The quantitative estimate of drug-likeness (QED) is 0.819. The van der Waals surface area contributed by atoms with E-state index in [-0.39, 0.29) is 18.1 Å². The molecule has 0 fully saturated rings. The Balaban J connectivity index is 2.52. The van der Waals surface area contributed by atoms with E-state index >= 15 is 0 Å². The zero-order valence-corrected chi connectivity index (χ0v) is 12.2. The Morgan fingerprint density at radius 3 is 2.67 bits per heavy atom. The lowest BCUT2D eigenvalue weighted by molar-refractivity contribution is 0.00826. The summed E-state index contributed by atoms with van der Waals surface area (Å²) >= 11 is 5.96. The molecule has 0 amide bonds. The van der Waals surface area contributed by atoms with E-state index in [0.29, 0.717) is 0 Å². The molecule has 0 aliphatic carbocycles. The molecule has 0 aliphatic rings. The van der Waals surface area contributed by atoms with Crippen LogP contribution in [-0.2, 0) is 11.2 Å². The van der Waals surface area contributed by atoms with Gasteiger partial charge in [-0.05, 0) is 56.7 Å². The molecule has 1 N–H and O–H groups in total. The molecule has 0 spiro atoms. The molecule has 1 unspecified atom stereocenters. The van der Waals surface area contributed by atoms with Gasteiger partial charge in [-0.1, -0.05) is 23.7 Å². The highest BCUT2D eigenvalue weighted by molar-refractivity contribution is 6.30. The molecule has 0 heterocycles. The van der Waals surface area contributed by atoms with Gasteiger partial charge in [0, 0.05) is 18.7 Å². The number of methoxy groups -OCH3 is 1. The van der Waals surface area contributed by atoms with Crippen molar-refractivity contribution in [1.82, 2.24) is 0 Å². The first-order valence-electron chi connectivity index (χ1n) is 6.37. The average molecular weight is 271 g/mol. The minimum absolute atomic E-state index is 0.123. The Morgan fingerprint density at radius 2 is 2.11 bits per heavy atom. The van der Waals surface area contributed by atoms with E-state index in [4.69, 9.17) is 16.3 Å². The smallest absolute Gasteiger partial charge is 0.0622 e. The third kappa shape index (κ3) is 5.38. The van der Waals surface area contributed by atoms with Crippen molar-refractivity contribution in [1.29, 1.82) is 0 Å². The van der Waals surface area contributed by atoms with Crippen LogP contribution in [0.15, 0.2) is 24.3 Å². The summed E-state index contributed by atoms with van der Waals surface area (Å²) in [5.74, 6) is 0.262. The van der Waals surface area contributed by atoms with E-state index in [1.807, 2.05) is 18.2 Å². The molecule has 0 aliphatic heterocycles. The molecular weight excluding hydrogens is 248 g/mol. The number of aliphatic hydroxyl groups is 1. The normalized spacial score (nSPS) is 13.6. The summed E-state index contributed by atoms with van der Waals surface area (Å²) in [5, 5.41) is 10.2. The van der Waals surface area contributed by atoms with Crippen LogP contribution in [-0.4, -0.2) is 24.4 Å². The molecule has 2 nitrogen and oxygen atoms in total. The Morgan fingerprint density at radius 1 is 1.39 bits per heavy atom. The van der Waals surface area contributed by atoms with Gasteiger partial charge in [0.05, 0.1) is 5.60 Å². The minimum atomic E-state index is -0.123. The minimum Gasteiger partial charge on any atom is -0.396 e. The zero-order valence-electron chi connectivity index (χ0n) is 11.4. The maximum absolute atomic E-state index is 9.45. The van der Waals surface area contributed by atoms with Crippen LogP contribution in [0.4, 0.5) is 0 Å². The lowest BCUT2D eigenvalue weighted by Gasteiger charge is -2.25. The summed E-state index contributed by atoms with van der Waals surface area (Å²) in [6, 6.07) is 7.83. The van der Waals surface area contributed by atoms with Crippen LogP contribution in [0.25, 0.3) is 0 Å². The maximum Gasteiger partial charge on any atom is 0.0622 e. The summed E-state index contributed by atoms with van der Waals surface area (Å²) < 4.78 is 5.40. The Hall–Kier alpha value is -0.570. The molecule has 3 heteroatoms. The number of hydrogen-bond donors (Lipinski definition) is 1. The lowest BCUT2D eigenvalue weighted by Crippen LogP contribution is -2.24. The number of aliphatic hydroxyl groups excluding tert-OH is 1. The molecule has 0 saturated carbocycles. The van der Waals surface area contributed by atoms with Gasteiger partial charge in [0.25, 0.3) is 0 Å². The van der Waals surface area contributed by atoms with Gasteiger partial charge in [-0.3, -0.25) is 0 Å². The highest BCUT2D eigenvalue weighted by atomic mass is 35.5. The Kier molecular flexibility index (Phi) is 6.13. The van der Waals surface area contributed by atoms with E-state index in [1.54, 1.807) is 7.11 Å². The summed E-state index contributed by atoms with van der Waals surface area (Å²) in [6.45, 7) is 4.34. The molecule has 0 aromatic heterocycles. The summed E-state index contributed by atoms with van der Waals surface area (Å²) in [5.41, 5.74) is 1.05. The molecule has 1 rings (SSSR count). The molecule has 0 saturated heterocycles. The third-order valence-corrected chi connectivity index (χ3v) is 3.61. The molecular formula is C15H23ClO2. The van der Waals surface area contributed by atoms with Crippen LogP contribution in [0.1, 0.15) is 32.3 Å². The van der Waals surface area contributed by atoms with Crippen LogP contribution in [0.3, 0.4) is 0 Å². The van der Waals surface area contributed by atoms with Crippen molar-refractivity contribution in [3.8, 4) is 0 Å². The van der Waals surface area contributed by atoms with Crippen molar-refractivity contribution in [2.24, 2.45) is 5.92 Å². The molecule has 1 aromatic carbocycles. The van der Waals surface area contributed by atoms with Gasteiger partial charge in [-0.2, -0.15) is 0 Å². The van der Waals surface area contributed by atoms with Crippen molar-refractivity contribution in [2.45, 2.75) is 38.7 Å². The van der Waals surface area contributed by atoms with Crippen LogP contribution in [0.2, 0.25) is 5.02 Å². The van der Waals surface area contributed by atoms with Crippen molar-refractivity contribution >= 4 is 11.6 Å². The number of ether oxygens (including phenoxy) is 1. The van der Waals surface area contributed by atoms with Crippen molar-refractivity contribution < 1.29 is 9.84 Å². The molecule has 18 heavy (non-hydrogen) atoms. The number of rotatable bonds is 7. The highest BCUT2D eigenvalue weighted by Gasteiger charge is 2.19. The second kappa shape index (κ2) is 7.13. The van der Waals surface area contributed by atoms with Gasteiger partial charge in [0.2, 0.25) is 0 Å². The first-order valence-corrected chi connectivity index (χ1v) is 6.75.